The Morgan fingerprint density at radius 3 is 2.83 bits per heavy atom. The highest BCUT2D eigenvalue weighted by atomic mass is 16.5. The van der Waals surface area contributed by atoms with Gasteiger partial charge in [0, 0.05) is 45.5 Å². The van der Waals surface area contributed by atoms with E-state index < -0.39 is 0 Å². The molecule has 1 saturated heterocycles. The molecule has 1 aliphatic heterocycles. The largest absolute Gasteiger partial charge is 0.466 e. The molecule has 2 amide bonds. The summed E-state index contributed by atoms with van der Waals surface area (Å²) >= 11 is 0. The van der Waals surface area contributed by atoms with Crippen LogP contribution in [0.2, 0.25) is 0 Å². The van der Waals surface area contributed by atoms with Gasteiger partial charge >= 0.3 is 5.97 Å². The van der Waals surface area contributed by atoms with Gasteiger partial charge in [-0.25, -0.2) is 0 Å². The molecule has 0 N–H and O–H groups in total. The van der Waals surface area contributed by atoms with Crippen LogP contribution in [0.4, 0.5) is 0 Å². The molecule has 0 unspecified atom stereocenters. The van der Waals surface area contributed by atoms with Crippen LogP contribution in [0.3, 0.4) is 0 Å². The van der Waals surface area contributed by atoms with Crippen molar-refractivity contribution in [3.8, 4) is 0 Å². The maximum absolute atomic E-state index is 12.8. The first kappa shape index (κ1) is 17.9. The lowest BCUT2D eigenvalue weighted by molar-refractivity contribution is -0.144. The van der Waals surface area contributed by atoms with Crippen LogP contribution in [-0.4, -0.2) is 59.3 Å². The molecule has 0 aromatic carbocycles. The second kappa shape index (κ2) is 8.42. The molecular weight excluding hydrogens is 310 g/mol. The molecule has 130 valence electrons. The fraction of sp³-hybridized carbons (Fsp3) is 0.529. The fourth-order valence-corrected chi connectivity index (χ4v) is 2.73. The highest BCUT2D eigenvalue weighted by molar-refractivity contribution is 5.89. The van der Waals surface area contributed by atoms with Crippen LogP contribution in [0.25, 0.3) is 0 Å². The number of amides is 2. The molecular formula is C17H23N3O4. The van der Waals surface area contributed by atoms with Gasteiger partial charge in [0.25, 0.3) is 0 Å². The van der Waals surface area contributed by atoms with Gasteiger partial charge in [-0.1, -0.05) is 6.07 Å². The van der Waals surface area contributed by atoms with Crippen LogP contribution in [0.15, 0.2) is 24.5 Å². The number of carbonyl (C=O) groups excluding carboxylic acids is 3. The molecule has 0 aliphatic carbocycles. The molecule has 1 aliphatic rings. The van der Waals surface area contributed by atoms with Gasteiger partial charge in [-0.05, 0) is 18.6 Å². The van der Waals surface area contributed by atoms with Crippen molar-refractivity contribution >= 4 is 17.8 Å². The van der Waals surface area contributed by atoms with Gasteiger partial charge in [-0.15, -0.1) is 0 Å². The Morgan fingerprint density at radius 2 is 2.25 bits per heavy atom. The third-order valence-electron chi connectivity index (χ3n) is 3.99. The average molecular weight is 333 g/mol. The Hall–Kier alpha value is -2.44. The number of aromatic nitrogens is 1. The molecule has 7 heteroatoms. The van der Waals surface area contributed by atoms with Crippen LogP contribution in [0, 0.1) is 5.92 Å². The van der Waals surface area contributed by atoms with Crippen LogP contribution in [0.5, 0.6) is 0 Å². The quantitative estimate of drug-likeness (QED) is 0.691. The summed E-state index contributed by atoms with van der Waals surface area (Å²) in [6.07, 6.45) is 3.71. The number of hydrogen-bond donors (Lipinski definition) is 0. The minimum absolute atomic E-state index is 0.0277. The van der Waals surface area contributed by atoms with E-state index in [4.69, 9.17) is 4.74 Å². The molecule has 0 radical (unpaired) electrons. The van der Waals surface area contributed by atoms with Crippen molar-refractivity contribution in [1.29, 1.82) is 0 Å². The SMILES string of the molecule is CCOC(=O)CCN(Cc1cccnc1)C(=O)[C@@H]1CC(=O)N(C)C1. The third-order valence-corrected chi connectivity index (χ3v) is 3.99. The molecule has 1 aromatic heterocycles. The zero-order chi connectivity index (χ0) is 17.5. The van der Waals surface area contributed by atoms with E-state index >= 15 is 0 Å². The number of ether oxygens (including phenoxy) is 1. The van der Waals surface area contributed by atoms with Gasteiger partial charge in [0.15, 0.2) is 0 Å². The normalized spacial score (nSPS) is 17.0. The fourth-order valence-electron chi connectivity index (χ4n) is 2.73. The summed E-state index contributed by atoms with van der Waals surface area (Å²) in [5.74, 6) is -0.830. The first-order valence-electron chi connectivity index (χ1n) is 8.08. The topological polar surface area (TPSA) is 79.8 Å². The summed E-state index contributed by atoms with van der Waals surface area (Å²) in [6, 6.07) is 3.68. The Labute approximate surface area is 141 Å². The highest BCUT2D eigenvalue weighted by Crippen LogP contribution is 2.20. The van der Waals surface area contributed by atoms with Crippen molar-refractivity contribution in [3.63, 3.8) is 0 Å². The van der Waals surface area contributed by atoms with E-state index in [-0.39, 0.29) is 43.1 Å². The van der Waals surface area contributed by atoms with Crippen molar-refractivity contribution in [3.05, 3.63) is 30.1 Å². The lowest BCUT2D eigenvalue weighted by atomic mass is 10.1. The van der Waals surface area contributed by atoms with Gasteiger partial charge in [-0.3, -0.25) is 19.4 Å². The van der Waals surface area contributed by atoms with Gasteiger partial charge in [-0.2, -0.15) is 0 Å². The third kappa shape index (κ3) is 4.78. The van der Waals surface area contributed by atoms with Crippen molar-refractivity contribution in [1.82, 2.24) is 14.8 Å². The van der Waals surface area contributed by atoms with Crippen LogP contribution in [-0.2, 0) is 25.7 Å². The van der Waals surface area contributed by atoms with E-state index in [1.165, 1.54) is 0 Å². The maximum Gasteiger partial charge on any atom is 0.307 e. The predicted octanol–water partition coefficient (Wildman–Crippen LogP) is 0.842. The zero-order valence-electron chi connectivity index (χ0n) is 14.1. The van der Waals surface area contributed by atoms with Crippen molar-refractivity contribution < 1.29 is 19.1 Å². The molecule has 7 nitrogen and oxygen atoms in total. The van der Waals surface area contributed by atoms with E-state index in [2.05, 4.69) is 4.98 Å². The van der Waals surface area contributed by atoms with Crippen LogP contribution < -0.4 is 0 Å². The zero-order valence-corrected chi connectivity index (χ0v) is 14.1. The van der Waals surface area contributed by atoms with Crippen LogP contribution >= 0.6 is 0 Å². The minimum atomic E-state index is -0.360. The summed E-state index contributed by atoms with van der Waals surface area (Å²) in [5.41, 5.74) is 0.882. The van der Waals surface area contributed by atoms with E-state index in [1.807, 2.05) is 6.07 Å². The maximum atomic E-state index is 12.8. The number of carbonyl (C=O) groups is 3. The lowest BCUT2D eigenvalue weighted by Crippen LogP contribution is -2.38. The number of rotatable bonds is 7. The molecule has 1 aromatic rings. The van der Waals surface area contributed by atoms with Gasteiger partial charge in [0.2, 0.25) is 11.8 Å². The molecule has 1 atom stereocenters. The second-order valence-electron chi connectivity index (χ2n) is 5.85. The summed E-state index contributed by atoms with van der Waals surface area (Å²) in [7, 11) is 1.69. The molecule has 2 rings (SSSR count). The van der Waals surface area contributed by atoms with Crippen molar-refractivity contribution in [2.75, 3.05) is 26.7 Å². The number of esters is 1. The van der Waals surface area contributed by atoms with Crippen molar-refractivity contribution in [2.45, 2.75) is 26.3 Å². The molecule has 1 fully saturated rings. The summed E-state index contributed by atoms with van der Waals surface area (Å²) in [5, 5.41) is 0. The monoisotopic (exact) mass is 333 g/mol. The number of nitrogens with zero attached hydrogens (tertiary/aromatic N) is 3. The van der Waals surface area contributed by atoms with E-state index in [0.717, 1.165) is 5.56 Å². The highest BCUT2D eigenvalue weighted by Gasteiger charge is 2.34. The molecule has 2 heterocycles. The number of hydrogen-bond acceptors (Lipinski definition) is 5. The number of pyridine rings is 1. The summed E-state index contributed by atoms with van der Waals surface area (Å²) in [6.45, 7) is 3.11. The molecule has 0 spiro atoms. The minimum Gasteiger partial charge on any atom is -0.466 e. The smallest absolute Gasteiger partial charge is 0.307 e. The lowest BCUT2D eigenvalue weighted by Gasteiger charge is -2.25. The second-order valence-corrected chi connectivity index (χ2v) is 5.85. The molecule has 24 heavy (non-hydrogen) atoms. The van der Waals surface area contributed by atoms with E-state index in [0.29, 0.717) is 19.7 Å². The Morgan fingerprint density at radius 1 is 1.46 bits per heavy atom. The average Bonchev–Trinajstić information content (AvgIpc) is 2.91. The van der Waals surface area contributed by atoms with Crippen molar-refractivity contribution in [2.24, 2.45) is 5.92 Å². The van der Waals surface area contributed by atoms with E-state index in [9.17, 15) is 14.4 Å². The number of likely N-dealkylation sites (tertiary alicyclic amines) is 1. The Balaban J connectivity index is 2.05. The standard InChI is InChI=1S/C17H23N3O4/c1-3-24-16(22)6-8-20(11-13-5-4-7-18-10-13)17(23)14-9-15(21)19(2)12-14/h4-5,7,10,14H,3,6,8-9,11-12H2,1-2H3/t14-/m1/s1. The molecule has 0 bridgehead atoms. The van der Waals surface area contributed by atoms with E-state index in [1.54, 1.807) is 42.2 Å². The van der Waals surface area contributed by atoms with Gasteiger partial charge in [0.1, 0.15) is 0 Å². The summed E-state index contributed by atoms with van der Waals surface area (Å²) in [4.78, 5) is 43.3. The predicted molar refractivity (Wildman–Crippen MR) is 86.6 cm³/mol. The Bertz CT molecular complexity index is 591. The molecule has 0 saturated carbocycles. The first-order valence-corrected chi connectivity index (χ1v) is 8.08. The first-order chi connectivity index (χ1) is 11.5. The Kier molecular flexibility index (Phi) is 6.28. The van der Waals surface area contributed by atoms with Gasteiger partial charge in [0.05, 0.1) is 18.9 Å². The van der Waals surface area contributed by atoms with Crippen LogP contribution in [0.1, 0.15) is 25.3 Å². The van der Waals surface area contributed by atoms with Gasteiger partial charge < -0.3 is 14.5 Å². The summed E-state index contributed by atoms with van der Waals surface area (Å²) < 4.78 is 4.93.